The second-order valence-electron chi connectivity index (χ2n) is 8.29. The van der Waals surface area contributed by atoms with E-state index in [-0.39, 0.29) is 18.7 Å². The lowest BCUT2D eigenvalue weighted by molar-refractivity contribution is 0.137. The first kappa shape index (κ1) is 20.1. The normalized spacial score (nSPS) is 22.7. The molecule has 2 fully saturated rings. The molecule has 2 aliphatic rings. The number of anilines is 1. The summed E-state index contributed by atoms with van der Waals surface area (Å²) in [7, 11) is 3.35. The molecule has 0 unspecified atom stereocenters. The quantitative estimate of drug-likeness (QED) is 0.677. The Morgan fingerprint density at radius 3 is 2.61 bits per heavy atom. The number of hydrogen-bond acceptors (Lipinski definition) is 7. The van der Waals surface area contributed by atoms with Gasteiger partial charge in [0.2, 0.25) is 0 Å². The molecule has 0 amide bonds. The third-order valence-electron chi connectivity index (χ3n) is 6.09. The first-order valence-electron chi connectivity index (χ1n) is 10.3. The Labute approximate surface area is 178 Å². The number of rotatable bonds is 4. The Balaban J connectivity index is 1.57. The third-order valence-corrected chi connectivity index (χ3v) is 6.09. The lowest BCUT2D eigenvalue weighted by Crippen LogP contribution is -2.51. The Morgan fingerprint density at radius 1 is 1.13 bits per heavy atom. The Morgan fingerprint density at radius 2 is 1.90 bits per heavy atom. The van der Waals surface area contributed by atoms with Crippen LogP contribution in [0.2, 0.25) is 0 Å². The SMILES string of the molecule is COc1nc(N2CC(O)C2)cc(-n2ncc3cc(F)c([C@@H]4CCN(C)C[C@@H]4F)cc32)n1. The molecule has 164 valence electrons. The Hall–Kier alpha value is -2.85. The van der Waals surface area contributed by atoms with Crippen LogP contribution in [-0.2, 0) is 0 Å². The van der Waals surface area contributed by atoms with E-state index in [1.807, 2.05) is 16.8 Å². The van der Waals surface area contributed by atoms with Gasteiger partial charge < -0.3 is 19.6 Å². The summed E-state index contributed by atoms with van der Waals surface area (Å²) in [6, 6.07) is 5.00. The highest BCUT2D eigenvalue weighted by Gasteiger charge is 2.31. The van der Waals surface area contributed by atoms with Crippen molar-refractivity contribution in [2.24, 2.45) is 0 Å². The van der Waals surface area contributed by atoms with Crippen LogP contribution in [0.15, 0.2) is 24.4 Å². The maximum Gasteiger partial charge on any atom is 0.320 e. The van der Waals surface area contributed by atoms with E-state index in [0.29, 0.717) is 47.6 Å². The van der Waals surface area contributed by atoms with Crippen molar-refractivity contribution in [1.29, 1.82) is 0 Å². The van der Waals surface area contributed by atoms with E-state index in [0.717, 1.165) is 6.54 Å². The molecule has 4 heterocycles. The molecule has 3 aromatic rings. The molecule has 0 saturated carbocycles. The lowest BCUT2D eigenvalue weighted by Gasteiger charge is -2.36. The number of halogens is 2. The van der Waals surface area contributed by atoms with E-state index in [9.17, 15) is 13.9 Å². The van der Waals surface area contributed by atoms with Crippen molar-refractivity contribution in [2.75, 3.05) is 45.2 Å². The van der Waals surface area contributed by atoms with Gasteiger partial charge >= 0.3 is 6.01 Å². The zero-order chi connectivity index (χ0) is 21.7. The molecule has 0 bridgehead atoms. The van der Waals surface area contributed by atoms with Gasteiger partial charge in [-0.25, -0.2) is 13.5 Å². The fraction of sp³-hybridized carbons (Fsp3) is 0.476. The van der Waals surface area contributed by atoms with Gasteiger partial charge in [-0.2, -0.15) is 15.1 Å². The maximum atomic E-state index is 14.9. The molecule has 10 heteroatoms. The zero-order valence-corrected chi connectivity index (χ0v) is 17.4. The number of β-amino-alcohol motifs (C(OH)–C–C–N with tert-alkyl or cyclic N) is 1. The first-order chi connectivity index (χ1) is 14.9. The summed E-state index contributed by atoms with van der Waals surface area (Å²) in [5.41, 5.74) is 1.000. The standard InChI is InChI=1S/C21H24F2N6O2/c1-27-4-3-14(17(23)11-27)15-6-18-12(5-16(15)22)8-24-29(18)20-7-19(25-21(26-20)31-2)28-9-13(30)10-28/h5-8,13-14,17,30H,3-4,9-11H2,1-2H3/t14-,17-/m0/s1. The number of benzene rings is 1. The van der Waals surface area contributed by atoms with E-state index < -0.39 is 17.9 Å². The minimum atomic E-state index is -1.13. The van der Waals surface area contributed by atoms with E-state index in [4.69, 9.17) is 4.74 Å². The van der Waals surface area contributed by atoms with Gasteiger partial charge in [0.25, 0.3) is 0 Å². The van der Waals surface area contributed by atoms with Gasteiger partial charge in [-0.1, -0.05) is 0 Å². The summed E-state index contributed by atoms with van der Waals surface area (Å²) in [6.45, 7) is 1.96. The number of aliphatic hydroxyl groups is 1. The van der Waals surface area contributed by atoms with Crippen molar-refractivity contribution in [3.05, 3.63) is 35.8 Å². The first-order valence-corrected chi connectivity index (χ1v) is 10.3. The van der Waals surface area contributed by atoms with Gasteiger partial charge in [-0.05, 0) is 37.7 Å². The van der Waals surface area contributed by atoms with Crippen molar-refractivity contribution in [1.82, 2.24) is 24.6 Å². The molecule has 0 spiro atoms. The number of piperidine rings is 1. The van der Waals surface area contributed by atoms with Crippen molar-refractivity contribution < 1.29 is 18.6 Å². The lowest BCUT2D eigenvalue weighted by atomic mass is 9.87. The highest BCUT2D eigenvalue weighted by Crippen LogP contribution is 2.34. The average Bonchev–Trinajstić information content (AvgIpc) is 3.13. The van der Waals surface area contributed by atoms with Gasteiger partial charge in [0, 0.05) is 37.0 Å². The summed E-state index contributed by atoms with van der Waals surface area (Å²) in [4.78, 5) is 12.6. The molecule has 31 heavy (non-hydrogen) atoms. The number of likely N-dealkylation sites (tertiary alicyclic amines) is 1. The van der Waals surface area contributed by atoms with Gasteiger partial charge in [-0.15, -0.1) is 0 Å². The number of hydrogen-bond donors (Lipinski definition) is 1. The molecule has 5 rings (SSSR count). The number of aliphatic hydroxyl groups excluding tert-OH is 1. The molecule has 2 aromatic heterocycles. The van der Waals surface area contributed by atoms with Crippen molar-refractivity contribution in [2.45, 2.75) is 24.6 Å². The van der Waals surface area contributed by atoms with E-state index in [1.54, 1.807) is 23.0 Å². The summed E-state index contributed by atoms with van der Waals surface area (Å²) in [5, 5.41) is 14.6. The van der Waals surface area contributed by atoms with Crippen LogP contribution in [0.1, 0.15) is 17.9 Å². The molecule has 8 nitrogen and oxygen atoms in total. The molecular weight excluding hydrogens is 406 g/mol. The van der Waals surface area contributed by atoms with E-state index in [1.165, 1.54) is 13.2 Å². The van der Waals surface area contributed by atoms with Gasteiger partial charge in [0.1, 0.15) is 17.8 Å². The molecular formula is C21H24F2N6O2. The van der Waals surface area contributed by atoms with Crippen LogP contribution in [0, 0.1) is 5.82 Å². The van der Waals surface area contributed by atoms with Gasteiger partial charge in [-0.3, -0.25) is 0 Å². The molecule has 0 radical (unpaired) electrons. The molecule has 2 aliphatic heterocycles. The number of methoxy groups -OCH3 is 1. The number of ether oxygens (including phenoxy) is 1. The second kappa shape index (κ2) is 7.69. The van der Waals surface area contributed by atoms with Crippen LogP contribution in [0.4, 0.5) is 14.6 Å². The average molecular weight is 430 g/mol. The summed E-state index contributed by atoms with van der Waals surface area (Å²) < 4.78 is 36.4. The fourth-order valence-corrected chi connectivity index (χ4v) is 4.34. The monoisotopic (exact) mass is 430 g/mol. The van der Waals surface area contributed by atoms with Crippen molar-refractivity contribution >= 4 is 16.7 Å². The minimum absolute atomic E-state index is 0.166. The predicted octanol–water partition coefficient (Wildman–Crippen LogP) is 1.90. The topological polar surface area (TPSA) is 79.5 Å². The number of aromatic nitrogens is 4. The Kier molecular flexibility index (Phi) is 4.98. The summed E-state index contributed by atoms with van der Waals surface area (Å²) in [6.07, 6.45) is 0.594. The van der Waals surface area contributed by atoms with Crippen LogP contribution in [0.25, 0.3) is 16.7 Å². The molecule has 2 saturated heterocycles. The fourth-order valence-electron chi connectivity index (χ4n) is 4.34. The zero-order valence-electron chi connectivity index (χ0n) is 17.4. The second-order valence-corrected chi connectivity index (χ2v) is 8.29. The maximum absolute atomic E-state index is 14.9. The van der Waals surface area contributed by atoms with Crippen LogP contribution in [-0.4, -0.2) is 82.4 Å². The van der Waals surface area contributed by atoms with Gasteiger partial charge in [0.05, 0.1) is 24.9 Å². The smallest absolute Gasteiger partial charge is 0.320 e. The van der Waals surface area contributed by atoms with E-state index >= 15 is 0 Å². The number of nitrogens with zero attached hydrogens (tertiary/aromatic N) is 6. The predicted molar refractivity (Wildman–Crippen MR) is 111 cm³/mol. The molecule has 1 N–H and O–H groups in total. The highest BCUT2D eigenvalue weighted by atomic mass is 19.1. The van der Waals surface area contributed by atoms with Crippen LogP contribution in [0.3, 0.4) is 0 Å². The largest absolute Gasteiger partial charge is 0.467 e. The third kappa shape index (κ3) is 3.59. The van der Waals surface area contributed by atoms with Crippen LogP contribution < -0.4 is 9.64 Å². The van der Waals surface area contributed by atoms with Crippen molar-refractivity contribution in [3.63, 3.8) is 0 Å². The summed E-state index contributed by atoms with van der Waals surface area (Å²) >= 11 is 0. The molecule has 1 aromatic carbocycles. The highest BCUT2D eigenvalue weighted by molar-refractivity contribution is 5.81. The van der Waals surface area contributed by atoms with Crippen molar-refractivity contribution in [3.8, 4) is 11.8 Å². The van der Waals surface area contributed by atoms with Crippen LogP contribution >= 0.6 is 0 Å². The number of fused-ring (bicyclic) bond motifs is 1. The van der Waals surface area contributed by atoms with Crippen LogP contribution in [0.5, 0.6) is 6.01 Å². The molecule has 2 atom stereocenters. The summed E-state index contributed by atoms with van der Waals surface area (Å²) in [5.74, 6) is 0.148. The number of alkyl halides is 1. The van der Waals surface area contributed by atoms with Gasteiger partial charge in [0.15, 0.2) is 5.82 Å². The molecule has 0 aliphatic carbocycles. The minimum Gasteiger partial charge on any atom is -0.467 e. The Bertz CT molecular complexity index is 1120. The van der Waals surface area contributed by atoms with E-state index in [2.05, 4.69) is 15.1 Å².